The molecule has 1 fully saturated rings. The minimum absolute atomic E-state index is 0.188. The molecule has 66 valence electrons. The fourth-order valence-electron chi connectivity index (χ4n) is 1.88. The van der Waals surface area contributed by atoms with Crippen LogP contribution in [0.25, 0.3) is 0 Å². The van der Waals surface area contributed by atoms with Crippen molar-refractivity contribution in [1.82, 2.24) is 0 Å². The van der Waals surface area contributed by atoms with Gasteiger partial charge in [0.25, 0.3) is 0 Å². The third-order valence-corrected chi connectivity index (χ3v) is 2.86. The van der Waals surface area contributed by atoms with Gasteiger partial charge < -0.3 is 16.6 Å². The van der Waals surface area contributed by atoms with E-state index >= 15 is 0 Å². The molecule has 0 saturated heterocycles. The van der Waals surface area contributed by atoms with Crippen molar-refractivity contribution in [1.29, 1.82) is 0 Å². The summed E-state index contributed by atoms with van der Waals surface area (Å²) < 4.78 is 0. The van der Waals surface area contributed by atoms with Crippen molar-refractivity contribution in [3.05, 3.63) is 0 Å². The van der Waals surface area contributed by atoms with Gasteiger partial charge in [-0.15, -0.1) is 0 Å². The molecule has 1 saturated carbocycles. The Bertz CT molecular complexity index is 129. The van der Waals surface area contributed by atoms with Crippen molar-refractivity contribution >= 4 is 0 Å². The third kappa shape index (κ3) is 1.72. The molecule has 1 rings (SSSR count). The number of rotatable bonds is 2. The van der Waals surface area contributed by atoms with Gasteiger partial charge in [0.1, 0.15) is 0 Å². The average molecular weight is 158 g/mol. The van der Waals surface area contributed by atoms with Crippen LogP contribution in [0.15, 0.2) is 0 Å². The summed E-state index contributed by atoms with van der Waals surface area (Å²) in [5.74, 6) is 0.223. The van der Waals surface area contributed by atoms with E-state index in [1.807, 2.05) is 0 Å². The van der Waals surface area contributed by atoms with Gasteiger partial charge in [-0.3, -0.25) is 0 Å². The largest absolute Gasteiger partial charge is 0.396 e. The quantitative estimate of drug-likeness (QED) is 0.522. The van der Waals surface area contributed by atoms with Gasteiger partial charge in [-0.1, -0.05) is 12.8 Å². The molecule has 2 atom stereocenters. The predicted octanol–water partition coefficient (Wildman–Crippen LogP) is -0.175. The van der Waals surface area contributed by atoms with Crippen LogP contribution in [0.5, 0.6) is 0 Å². The van der Waals surface area contributed by atoms with Crippen molar-refractivity contribution in [3.8, 4) is 0 Å². The van der Waals surface area contributed by atoms with E-state index in [2.05, 4.69) is 0 Å². The van der Waals surface area contributed by atoms with Gasteiger partial charge in [0.2, 0.25) is 0 Å². The molecule has 0 aromatic rings. The van der Waals surface area contributed by atoms with Crippen molar-refractivity contribution in [2.24, 2.45) is 17.4 Å². The summed E-state index contributed by atoms with van der Waals surface area (Å²) in [6.07, 6.45) is 4.34. The van der Waals surface area contributed by atoms with Gasteiger partial charge >= 0.3 is 0 Å². The molecule has 0 bridgehead atoms. The third-order valence-electron chi connectivity index (χ3n) is 2.86. The van der Waals surface area contributed by atoms with Crippen LogP contribution in [-0.4, -0.2) is 23.8 Å². The fourth-order valence-corrected chi connectivity index (χ4v) is 1.88. The normalized spacial score (nSPS) is 39.0. The molecule has 3 heteroatoms. The number of hydrogen-bond donors (Lipinski definition) is 3. The van der Waals surface area contributed by atoms with Crippen LogP contribution in [0.4, 0.5) is 0 Å². The average Bonchev–Trinajstić information content (AvgIpc) is 2.05. The zero-order valence-electron chi connectivity index (χ0n) is 6.92. The Hall–Kier alpha value is -0.120. The number of aliphatic hydroxyl groups is 1. The SMILES string of the molecule is NCC1(N)CCCCC1CO. The summed E-state index contributed by atoms with van der Waals surface area (Å²) in [7, 11) is 0. The molecular weight excluding hydrogens is 140 g/mol. The lowest BCUT2D eigenvalue weighted by Crippen LogP contribution is -2.55. The second-order valence-corrected chi connectivity index (χ2v) is 3.56. The van der Waals surface area contributed by atoms with E-state index in [-0.39, 0.29) is 18.1 Å². The number of nitrogens with two attached hydrogens (primary N) is 2. The van der Waals surface area contributed by atoms with Crippen molar-refractivity contribution in [2.45, 2.75) is 31.2 Å². The molecule has 0 aromatic heterocycles. The van der Waals surface area contributed by atoms with E-state index in [1.54, 1.807) is 0 Å². The second kappa shape index (κ2) is 3.52. The molecule has 0 heterocycles. The first-order valence-corrected chi connectivity index (χ1v) is 4.33. The summed E-state index contributed by atoms with van der Waals surface area (Å²) in [4.78, 5) is 0. The zero-order chi connectivity index (χ0) is 8.32. The molecule has 3 nitrogen and oxygen atoms in total. The van der Waals surface area contributed by atoms with Crippen molar-refractivity contribution in [2.75, 3.05) is 13.2 Å². The highest BCUT2D eigenvalue weighted by molar-refractivity contribution is 4.94. The molecule has 0 aromatic carbocycles. The maximum absolute atomic E-state index is 9.02. The van der Waals surface area contributed by atoms with E-state index in [9.17, 15) is 0 Å². The molecule has 1 aliphatic carbocycles. The van der Waals surface area contributed by atoms with E-state index in [0.717, 1.165) is 19.3 Å². The van der Waals surface area contributed by atoms with Gasteiger partial charge in [0, 0.05) is 24.6 Å². The summed E-state index contributed by atoms with van der Waals surface area (Å²) in [6, 6.07) is 0. The first-order chi connectivity index (χ1) is 5.23. The lowest BCUT2D eigenvalue weighted by Gasteiger charge is -2.39. The fraction of sp³-hybridized carbons (Fsp3) is 1.00. The molecule has 1 aliphatic rings. The Kier molecular flexibility index (Phi) is 2.87. The van der Waals surface area contributed by atoms with Crippen LogP contribution in [0.3, 0.4) is 0 Å². The Morgan fingerprint density at radius 1 is 1.45 bits per heavy atom. The maximum atomic E-state index is 9.02. The maximum Gasteiger partial charge on any atom is 0.0477 e. The zero-order valence-corrected chi connectivity index (χ0v) is 6.92. The van der Waals surface area contributed by atoms with Gasteiger partial charge in [0.05, 0.1) is 0 Å². The summed E-state index contributed by atoms with van der Waals surface area (Å²) in [6.45, 7) is 0.686. The molecular formula is C8H18N2O. The van der Waals surface area contributed by atoms with Gasteiger partial charge in [0.15, 0.2) is 0 Å². The first-order valence-electron chi connectivity index (χ1n) is 4.33. The summed E-state index contributed by atoms with van der Waals surface area (Å²) in [5.41, 5.74) is 11.3. The molecule has 0 radical (unpaired) electrons. The lowest BCUT2D eigenvalue weighted by molar-refractivity contribution is 0.114. The van der Waals surface area contributed by atoms with E-state index in [0.29, 0.717) is 6.54 Å². The van der Waals surface area contributed by atoms with Gasteiger partial charge in [-0.05, 0) is 12.8 Å². The number of aliphatic hydroxyl groups excluding tert-OH is 1. The van der Waals surface area contributed by atoms with Crippen LogP contribution in [0.2, 0.25) is 0 Å². The van der Waals surface area contributed by atoms with Crippen LogP contribution >= 0.6 is 0 Å². The van der Waals surface area contributed by atoms with Gasteiger partial charge in [-0.25, -0.2) is 0 Å². The highest BCUT2D eigenvalue weighted by Gasteiger charge is 2.35. The van der Waals surface area contributed by atoms with E-state index < -0.39 is 0 Å². The Morgan fingerprint density at radius 3 is 2.64 bits per heavy atom. The van der Waals surface area contributed by atoms with Gasteiger partial charge in [-0.2, -0.15) is 0 Å². The van der Waals surface area contributed by atoms with Crippen molar-refractivity contribution < 1.29 is 5.11 Å². The van der Waals surface area contributed by atoms with E-state index in [1.165, 1.54) is 6.42 Å². The second-order valence-electron chi connectivity index (χ2n) is 3.56. The predicted molar refractivity (Wildman–Crippen MR) is 45.0 cm³/mol. The summed E-state index contributed by atoms with van der Waals surface area (Å²) >= 11 is 0. The first kappa shape index (κ1) is 8.97. The van der Waals surface area contributed by atoms with E-state index in [4.69, 9.17) is 16.6 Å². The molecule has 0 spiro atoms. The smallest absolute Gasteiger partial charge is 0.0477 e. The van der Waals surface area contributed by atoms with Crippen molar-refractivity contribution in [3.63, 3.8) is 0 Å². The Morgan fingerprint density at radius 2 is 2.18 bits per heavy atom. The van der Waals surface area contributed by atoms with Crippen LogP contribution in [-0.2, 0) is 0 Å². The Labute approximate surface area is 67.8 Å². The van der Waals surface area contributed by atoms with Crippen LogP contribution < -0.4 is 11.5 Å². The number of hydrogen-bond acceptors (Lipinski definition) is 3. The van der Waals surface area contributed by atoms with Crippen LogP contribution in [0.1, 0.15) is 25.7 Å². The topological polar surface area (TPSA) is 72.3 Å². The lowest BCUT2D eigenvalue weighted by atomic mass is 9.74. The molecule has 0 amide bonds. The highest BCUT2D eigenvalue weighted by atomic mass is 16.3. The monoisotopic (exact) mass is 158 g/mol. The highest BCUT2D eigenvalue weighted by Crippen LogP contribution is 2.30. The minimum atomic E-state index is -0.285. The minimum Gasteiger partial charge on any atom is -0.396 e. The standard InChI is InChI=1S/C8H18N2O/c9-6-8(10)4-2-1-3-7(8)5-11/h7,11H,1-6,9-10H2. The Balaban J connectivity index is 2.57. The molecule has 5 N–H and O–H groups in total. The van der Waals surface area contributed by atoms with Crippen LogP contribution in [0, 0.1) is 5.92 Å². The molecule has 11 heavy (non-hydrogen) atoms. The molecule has 2 unspecified atom stereocenters. The molecule has 0 aliphatic heterocycles. The summed E-state index contributed by atoms with van der Waals surface area (Å²) in [5, 5.41) is 9.02.